The number of ether oxygens (including phenoxy) is 3. The molecule has 27 heavy (non-hydrogen) atoms. The second-order valence-electron chi connectivity index (χ2n) is 7.30. The Morgan fingerprint density at radius 3 is 2.33 bits per heavy atom. The average molecular weight is 392 g/mol. The van der Waals surface area contributed by atoms with E-state index in [-0.39, 0.29) is 12.5 Å². The Morgan fingerprint density at radius 2 is 1.70 bits per heavy atom. The normalized spacial score (nSPS) is 30.7. The molecule has 0 bridgehead atoms. The van der Waals surface area contributed by atoms with Crippen LogP contribution in [0.2, 0.25) is 0 Å². The number of hydrogen-bond acceptors (Lipinski definition) is 8. The van der Waals surface area contributed by atoms with Gasteiger partial charge in [-0.3, -0.25) is 4.79 Å². The SMILES string of the molecule is CCCCCC(CCCC(O)CC(=O)OC)OC1O[C@@H](C)[C@@H](O)[C@@H](O)[C@@H]1O. The van der Waals surface area contributed by atoms with E-state index in [0.29, 0.717) is 19.3 Å². The van der Waals surface area contributed by atoms with Gasteiger partial charge in [0.05, 0.1) is 31.8 Å². The first-order valence-electron chi connectivity index (χ1n) is 9.90. The monoisotopic (exact) mass is 392 g/mol. The molecular weight excluding hydrogens is 356 g/mol. The molecule has 1 fully saturated rings. The van der Waals surface area contributed by atoms with Gasteiger partial charge in [-0.05, 0) is 32.6 Å². The fourth-order valence-electron chi connectivity index (χ4n) is 3.18. The van der Waals surface area contributed by atoms with Gasteiger partial charge >= 0.3 is 5.97 Å². The summed E-state index contributed by atoms with van der Waals surface area (Å²) in [4.78, 5) is 11.2. The molecule has 0 radical (unpaired) electrons. The second-order valence-corrected chi connectivity index (χ2v) is 7.30. The molecule has 7 atom stereocenters. The quantitative estimate of drug-likeness (QED) is 0.285. The maximum atomic E-state index is 11.2. The lowest BCUT2D eigenvalue weighted by Gasteiger charge is -2.40. The van der Waals surface area contributed by atoms with E-state index in [1.165, 1.54) is 7.11 Å². The predicted molar refractivity (Wildman–Crippen MR) is 97.9 cm³/mol. The van der Waals surface area contributed by atoms with E-state index in [1.807, 2.05) is 0 Å². The summed E-state index contributed by atoms with van der Waals surface area (Å²) in [6.45, 7) is 3.72. The van der Waals surface area contributed by atoms with Crippen molar-refractivity contribution in [2.24, 2.45) is 0 Å². The highest BCUT2D eigenvalue weighted by atomic mass is 16.7. The van der Waals surface area contributed by atoms with E-state index < -0.39 is 42.8 Å². The number of methoxy groups -OCH3 is 1. The van der Waals surface area contributed by atoms with Gasteiger partial charge in [-0.1, -0.05) is 26.2 Å². The molecule has 0 spiro atoms. The average Bonchev–Trinajstić information content (AvgIpc) is 2.64. The Balaban J connectivity index is 2.54. The Hall–Kier alpha value is -0.770. The lowest BCUT2D eigenvalue weighted by Crippen LogP contribution is -2.57. The highest BCUT2D eigenvalue weighted by Gasteiger charge is 2.43. The molecule has 1 aliphatic heterocycles. The minimum absolute atomic E-state index is 0.0378. The molecule has 0 amide bonds. The van der Waals surface area contributed by atoms with Gasteiger partial charge in [0.15, 0.2) is 6.29 Å². The lowest BCUT2D eigenvalue weighted by molar-refractivity contribution is -0.305. The van der Waals surface area contributed by atoms with Crippen LogP contribution in [-0.4, -0.2) is 76.4 Å². The topological polar surface area (TPSA) is 126 Å². The second kappa shape index (κ2) is 12.6. The number of carbonyl (C=O) groups is 1. The van der Waals surface area contributed by atoms with Gasteiger partial charge in [0.1, 0.15) is 18.3 Å². The largest absolute Gasteiger partial charge is 0.469 e. The van der Waals surface area contributed by atoms with Gasteiger partial charge < -0.3 is 34.6 Å². The summed E-state index contributed by atoms with van der Waals surface area (Å²) in [6, 6.07) is 0. The van der Waals surface area contributed by atoms with E-state index >= 15 is 0 Å². The number of carbonyl (C=O) groups excluding carboxylic acids is 1. The van der Waals surface area contributed by atoms with Crippen LogP contribution in [0.3, 0.4) is 0 Å². The molecule has 0 aliphatic carbocycles. The number of hydrogen-bond donors (Lipinski definition) is 4. The maximum absolute atomic E-state index is 11.2. The third kappa shape index (κ3) is 8.41. The molecule has 3 unspecified atom stereocenters. The summed E-state index contributed by atoms with van der Waals surface area (Å²) in [7, 11) is 1.29. The fourth-order valence-corrected chi connectivity index (χ4v) is 3.18. The molecule has 0 aromatic heterocycles. The third-order valence-corrected chi connectivity index (χ3v) is 4.96. The first-order chi connectivity index (χ1) is 12.8. The maximum Gasteiger partial charge on any atom is 0.308 e. The molecular formula is C19H36O8. The van der Waals surface area contributed by atoms with Crippen molar-refractivity contribution in [1.29, 1.82) is 0 Å². The van der Waals surface area contributed by atoms with Crippen molar-refractivity contribution in [2.75, 3.05) is 7.11 Å². The molecule has 4 N–H and O–H groups in total. The van der Waals surface area contributed by atoms with Crippen molar-refractivity contribution >= 4 is 5.97 Å². The molecule has 8 nitrogen and oxygen atoms in total. The lowest BCUT2D eigenvalue weighted by atomic mass is 9.99. The number of rotatable bonds is 12. The zero-order valence-electron chi connectivity index (χ0n) is 16.6. The van der Waals surface area contributed by atoms with Crippen LogP contribution in [0.5, 0.6) is 0 Å². The van der Waals surface area contributed by atoms with Crippen molar-refractivity contribution in [3.8, 4) is 0 Å². The van der Waals surface area contributed by atoms with Crippen LogP contribution < -0.4 is 0 Å². The summed E-state index contributed by atoms with van der Waals surface area (Å²) >= 11 is 0. The first kappa shape index (κ1) is 24.3. The summed E-state index contributed by atoms with van der Waals surface area (Å²) in [5, 5.41) is 39.7. The molecule has 160 valence electrons. The van der Waals surface area contributed by atoms with Crippen LogP contribution in [-0.2, 0) is 19.0 Å². The van der Waals surface area contributed by atoms with Gasteiger partial charge in [-0.15, -0.1) is 0 Å². The van der Waals surface area contributed by atoms with E-state index in [0.717, 1.165) is 25.7 Å². The van der Waals surface area contributed by atoms with Crippen LogP contribution in [0.15, 0.2) is 0 Å². The molecule has 1 saturated heterocycles. The van der Waals surface area contributed by atoms with E-state index in [9.17, 15) is 25.2 Å². The molecule has 0 saturated carbocycles. The first-order valence-corrected chi connectivity index (χ1v) is 9.90. The zero-order valence-corrected chi connectivity index (χ0v) is 16.6. The van der Waals surface area contributed by atoms with Crippen molar-refractivity contribution in [3.05, 3.63) is 0 Å². The molecule has 1 aliphatic rings. The van der Waals surface area contributed by atoms with E-state index in [2.05, 4.69) is 11.7 Å². The molecule has 0 aromatic carbocycles. The zero-order chi connectivity index (χ0) is 20.4. The van der Waals surface area contributed by atoms with Gasteiger partial charge in [-0.25, -0.2) is 0 Å². The standard InChI is InChI=1S/C19H36O8/c1-4-5-6-9-14(10-7-8-13(20)11-15(21)25-3)27-19-18(24)17(23)16(22)12(2)26-19/h12-14,16-20,22-24H,4-11H2,1-3H3/t12-,13?,14?,16+,17+,18-,19?/m0/s1. The highest BCUT2D eigenvalue weighted by molar-refractivity contribution is 5.69. The van der Waals surface area contributed by atoms with Crippen molar-refractivity contribution in [3.63, 3.8) is 0 Å². The molecule has 8 heteroatoms. The van der Waals surface area contributed by atoms with E-state index in [1.54, 1.807) is 6.92 Å². The smallest absolute Gasteiger partial charge is 0.308 e. The summed E-state index contributed by atoms with van der Waals surface area (Å²) in [5.41, 5.74) is 0. The molecule has 0 aromatic rings. The van der Waals surface area contributed by atoms with Crippen molar-refractivity contribution in [2.45, 2.75) is 108 Å². The van der Waals surface area contributed by atoms with Crippen molar-refractivity contribution in [1.82, 2.24) is 0 Å². The number of aliphatic hydroxyl groups excluding tert-OH is 4. The van der Waals surface area contributed by atoms with Crippen LogP contribution in [0.25, 0.3) is 0 Å². The van der Waals surface area contributed by atoms with Gasteiger partial charge in [-0.2, -0.15) is 0 Å². The third-order valence-electron chi connectivity index (χ3n) is 4.96. The Kier molecular flexibility index (Phi) is 11.4. The van der Waals surface area contributed by atoms with Gasteiger partial charge in [0.25, 0.3) is 0 Å². The Labute approximate surface area is 161 Å². The van der Waals surface area contributed by atoms with Crippen LogP contribution in [0, 0.1) is 0 Å². The Bertz CT molecular complexity index is 419. The molecule has 1 heterocycles. The number of unbranched alkanes of at least 4 members (excludes halogenated alkanes) is 2. The number of esters is 1. The highest BCUT2D eigenvalue weighted by Crippen LogP contribution is 2.25. The predicted octanol–water partition coefficient (Wildman–Crippen LogP) is 0.874. The fraction of sp³-hybridized carbons (Fsp3) is 0.947. The van der Waals surface area contributed by atoms with Gasteiger partial charge in [0.2, 0.25) is 0 Å². The van der Waals surface area contributed by atoms with Gasteiger partial charge in [0, 0.05) is 0 Å². The summed E-state index contributed by atoms with van der Waals surface area (Å²) in [6.07, 6.45) is -0.936. The summed E-state index contributed by atoms with van der Waals surface area (Å²) in [5.74, 6) is -0.446. The molecule has 1 rings (SSSR count). The van der Waals surface area contributed by atoms with E-state index in [4.69, 9.17) is 9.47 Å². The van der Waals surface area contributed by atoms with Crippen molar-refractivity contribution < 1.29 is 39.4 Å². The van der Waals surface area contributed by atoms with Crippen LogP contribution in [0.1, 0.15) is 65.2 Å². The number of aliphatic hydroxyl groups is 4. The summed E-state index contributed by atoms with van der Waals surface area (Å²) < 4.78 is 16.0. The Morgan fingerprint density at radius 1 is 1.04 bits per heavy atom. The van der Waals surface area contributed by atoms with Crippen LogP contribution >= 0.6 is 0 Å². The minimum Gasteiger partial charge on any atom is -0.469 e. The minimum atomic E-state index is -1.32. The van der Waals surface area contributed by atoms with Crippen LogP contribution in [0.4, 0.5) is 0 Å².